The van der Waals surface area contributed by atoms with E-state index in [4.69, 9.17) is 18.0 Å². The molecule has 0 unspecified atom stereocenters. The lowest BCUT2D eigenvalue weighted by Crippen LogP contribution is -2.15. The van der Waals surface area contributed by atoms with Crippen LogP contribution in [0.25, 0.3) is 0 Å². The number of benzene rings is 1. The van der Waals surface area contributed by atoms with Crippen molar-refractivity contribution in [3.63, 3.8) is 0 Å². The molecular weight excluding hydrogens is 244 g/mol. The molecule has 3 N–H and O–H groups in total. The predicted molar refractivity (Wildman–Crippen MR) is 77.7 cm³/mol. The predicted octanol–water partition coefficient (Wildman–Crippen LogP) is 1.71. The van der Waals surface area contributed by atoms with E-state index in [1.807, 2.05) is 42.1 Å². The normalized spacial score (nSPS) is 10.3. The van der Waals surface area contributed by atoms with Crippen LogP contribution in [0.4, 0.5) is 5.69 Å². The Bertz CT molecular complexity index is 547. The van der Waals surface area contributed by atoms with Crippen LogP contribution in [0.5, 0.6) is 0 Å². The van der Waals surface area contributed by atoms with Gasteiger partial charge in [-0.2, -0.15) is 5.10 Å². The number of thiocarbonyl (C=S) groups is 1. The molecule has 0 saturated heterocycles. The lowest BCUT2D eigenvalue weighted by Gasteiger charge is -2.10. The third-order valence-corrected chi connectivity index (χ3v) is 3.03. The summed E-state index contributed by atoms with van der Waals surface area (Å²) in [6, 6.07) is 9.82. The average Bonchev–Trinajstić information content (AvgIpc) is 2.76. The highest BCUT2D eigenvalue weighted by Gasteiger charge is 2.04. The van der Waals surface area contributed by atoms with E-state index in [0.717, 1.165) is 24.2 Å². The van der Waals surface area contributed by atoms with Crippen LogP contribution in [0.1, 0.15) is 11.3 Å². The Hall–Kier alpha value is -1.88. The minimum atomic E-state index is 0.415. The number of para-hydroxylation sites is 1. The lowest BCUT2D eigenvalue weighted by atomic mass is 10.1. The molecule has 0 fully saturated rings. The van der Waals surface area contributed by atoms with Gasteiger partial charge in [0.15, 0.2) is 0 Å². The minimum Gasteiger partial charge on any atom is -0.389 e. The van der Waals surface area contributed by atoms with Gasteiger partial charge in [-0.3, -0.25) is 4.68 Å². The molecule has 0 aliphatic heterocycles. The Morgan fingerprint density at radius 2 is 2.17 bits per heavy atom. The maximum absolute atomic E-state index is 5.68. The highest BCUT2D eigenvalue weighted by atomic mass is 32.1. The van der Waals surface area contributed by atoms with E-state index in [0.29, 0.717) is 4.99 Å². The van der Waals surface area contributed by atoms with E-state index in [2.05, 4.69) is 10.4 Å². The van der Waals surface area contributed by atoms with Crippen LogP contribution in [-0.2, 0) is 13.5 Å². The molecule has 0 aliphatic carbocycles. The van der Waals surface area contributed by atoms with Gasteiger partial charge in [0.25, 0.3) is 0 Å². The summed E-state index contributed by atoms with van der Waals surface area (Å²) in [6.45, 7) is 0.819. The van der Waals surface area contributed by atoms with E-state index in [1.54, 1.807) is 6.20 Å². The van der Waals surface area contributed by atoms with Crippen molar-refractivity contribution in [2.75, 3.05) is 11.9 Å². The van der Waals surface area contributed by atoms with Gasteiger partial charge in [0.2, 0.25) is 0 Å². The summed E-state index contributed by atoms with van der Waals surface area (Å²) < 4.78 is 1.88. The molecule has 0 amide bonds. The highest BCUT2D eigenvalue weighted by molar-refractivity contribution is 7.80. The summed E-state index contributed by atoms with van der Waals surface area (Å²) >= 11 is 5.02. The third-order valence-electron chi connectivity index (χ3n) is 2.81. The first-order valence-corrected chi connectivity index (χ1v) is 6.19. The highest BCUT2D eigenvalue weighted by Crippen LogP contribution is 2.14. The molecule has 0 aliphatic rings. The van der Waals surface area contributed by atoms with Crippen LogP contribution in [0.15, 0.2) is 36.5 Å². The molecule has 0 saturated carbocycles. The first-order valence-electron chi connectivity index (χ1n) is 5.78. The molecule has 0 spiro atoms. The number of anilines is 1. The van der Waals surface area contributed by atoms with Crippen molar-refractivity contribution < 1.29 is 0 Å². The Labute approximate surface area is 112 Å². The number of hydrogen-bond donors (Lipinski definition) is 2. The molecule has 5 heteroatoms. The molecule has 18 heavy (non-hydrogen) atoms. The number of nitrogens with zero attached hydrogens (tertiary/aromatic N) is 2. The van der Waals surface area contributed by atoms with Gasteiger partial charge >= 0.3 is 0 Å². The van der Waals surface area contributed by atoms with Crippen molar-refractivity contribution in [3.8, 4) is 0 Å². The third kappa shape index (κ3) is 2.87. The maximum atomic E-state index is 5.68. The SMILES string of the molecule is Cn1nccc1CCNc1ccccc1C(N)=S. The van der Waals surface area contributed by atoms with Gasteiger partial charge in [0.05, 0.1) is 0 Å². The standard InChI is InChI=1S/C13H16N4S/c1-17-10(7-9-16-17)6-8-15-12-5-3-2-4-11(12)13(14)18/h2-5,7,9,15H,6,8H2,1H3,(H2,14,18). The Morgan fingerprint density at radius 1 is 1.39 bits per heavy atom. The van der Waals surface area contributed by atoms with Gasteiger partial charge < -0.3 is 11.1 Å². The number of aromatic nitrogens is 2. The zero-order valence-electron chi connectivity index (χ0n) is 10.3. The van der Waals surface area contributed by atoms with Crippen molar-refractivity contribution in [2.45, 2.75) is 6.42 Å². The Balaban J connectivity index is 1.99. The van der Waals surface area contributed by atoms with Gasteiger partial charge in [0, 0.05) is 43.2 Å². The largest absolute Gasteiger partial charge is 0.389 e. The lowest BCUT2D eigenvalue weighted by molar-refractivity contribution is 0.711. The zero-order chi connectivity index (χ0) is 13.0. The van der Waals surface area contributed by atoms with E-state index in [9.17, 15) is 0 Å². The fourth-order valence-electron chi connectivity index (χ4n) is 1.82. The van der Waals surface area contributed by atoms with E-state index in [-0.39, 0.29) is 0 Å². The number of aryl methyl sites for hydroxylation is 1. The van der Waals surface area contributed by atoms with Crippen molar-refractivity contribution in [3.05, 3.63) is 47.8 Å². The molecular formula is C13H16N4S. The molecule has 2 aromatic rings. The quantitative estimate of drug-likeness (QED) is 0.804. The van der Waals surface area contributed by atoms with Crippen molar-refractivity contribution >= 4 is 22.9 Å². The minimum absolute atomic E-state index is 0.415. The monoisotopic (exact) mass is 260 g/mol. The molecule has 1 heterocycles. The zero-order valence-corrected chi connectivity index (χ0v) is 11.1. The second kappa shape index (κ2) is 5.64. The summed E-state index contributed by atoms with van der Waals surface area (Å²) in [6.07, 6.45) is 2.71. The van der Waals surface area contributed by atoms with Crippen LogP contribution in [0.3, 0.4) is 0 Å². The molecule has 0 radical (unpaired) electrons. The van der Waals surface area contributed by atoms with Crippen molar-refractivity contribution in [1.29, 1.82) is 0 Å². The van der Waals surface area contributed by atoms with Gasteiger partial charge in [-0.25, -0.2) is 0 Å². The van der Waals surface area contributed by atoms with Gasteiger partial charge in [-0.15, -0.1) is 0 Å². The van der Waals surface area contributed by atoms with Crippen LogP contribution < -0.4 is 11.1 Å². The van der Waals surface area contributed by atoms with E-state index >= 15 is 0 Å². The molecule has 2 rings (SSSR count). The maximum Gasteiger partial charge on any atom is 0.106 e. The average molecular weight is 260 g/mol. The Kier molecular flexibility index (Phi) is 3.94. The first kappa shape index (κ1) is 12.6. The first-order chi connectivity index (χ1) is 8.68. The smallest absolute Gasteiger partial charge is 0.106 e. The summed E-state index contributed by atoms with van der Waals surface area (Å²) in [5, 5.41) is 7.49. The summed E-state index contributed by atoms with van der Waals surface area (Å²) in [5.41, 5.74) is 8.74. The fourth-order valence-corrected chi connectivity index (χ4v) is 2.00. The summed E-state index contributed by atoms with van der Waals surface area (Å²) in [7, 11) is 1.94. The topological polar surface area (TPSA) is 55.9 Å². The van der Waals surface area contributed by atoms with Crippen LogP contribution in [0.2, 0.25) is 0 Å². The summed E-state index contributed by atoms with van der Waals surface area (Å²) in [5.74, 6) is 0. The van der Waals surface area contributed by atoms with Crippen LogP contribution >= 0.6 is 12.2 Å². The second-order valence-electron chi connectivity index (χ2n) is 4.03. The Morgan fingerprint density at radius 3 is 2.83 bits per heavy atom. The molecule has 1 aromatic heterocycles. The van der Waals surface area contributed by atoms with Crippen molar-refractivity contribution in [2.24, 2.45) is 12.8 Å². The molecule has 0 atom stereocenters. The van der Waals surface area contributed by atoms with Gasteiger partial charge in [-0.1, -0.05) is 24.4 Å². The number of hydrogen-bond acceptors (Lipinski definition) is 3. The molecule has 94 valence electrons. The fraction of sp³-hybridized carbons (Fsp3) is 0.231. The number of rotatable bonds is 5. The number of nitrogens with two attached hydrogens (primary N) is 1. The molecule has 1 aromatic carbocycles. The van der Waals surface area contributed by atoms with E-state index in [1.165, 1.54) is 5.69 Å². The van der Waals surface area contributed by atoms with Gasteiger partial charge in [0.1, 0.15) is 4.99 Å². The van der Waals surface area contributed by atoms with Crippen LogP contribution in [0, 0.1) is 0 Å². The van der Waals surface area contributed by atoms with Gasteiger partial charge in [-0.05, 0) is 18.2 Å². The second-order valence-corrected chi connectivity index (χ2v) is 4.47. The van der Waals surface area contributed by atoms with Crippen molar-refractivity contribution in [1.82, 2.24) is 9.78 Å². The number of nitrogens with one attached hydrogen (secondary N) is 1. The van der Waals surface area contributed by atoms with Crippen LogP contribution in [-0.4, -0.2) is 21.3 Å². The summed E-state index contributed by atoms with van der Waals surface area (Å²) in [4.78, 5) is 0.415. The van der Waals surface area contributed by atoms with E-state index < -0.39 is 0 Å². The molecule has 0 bridgehead atoms. The molecule has 4 nitrogen and oxygen atoms in total.